The van der Waals surface area contributed by atoms with Crippen LogP contribution >= 0.6 is 0 Å². The number of hydrogen-bond donors (Lipinski definition) is 1. The molecular formula is C24H19N3O5. The molecule has 160 valence electrons. The summed E-state index contributed by atoms with van der Waals surface area (Å²) in [6.07, 6.45) is 2.20. The van der Waals surface area contributed by atoms with Gasteiger partial charge in [0.1, 0.15) is 5.76 Å². The number of benzene rings is 2. The second-order valence-electron chi connectivity index (χ2n) is 7.75. The van der Waals surface area contributed by atoms with Crippen LogP contribution in [0.25, 0.3) is 0 Å². The van der Waals surface area contributed by atoms with Crippen LogP contribution in [0, 0.1) is 0 Å². The first kappa shape index (κ1) is 19.7. The Kier molecular flexibility index (Phi) is 4.62. The summed E-state index contributed by atoms with van der Waals surface area (Å²) in [5, 5.41) is 2.83. The maximum Gasteiger partial charge on any atom is 0.261 e. The third kappa shape index (κ3) is 3.26. The van der Waals surface area contributed by atoms with Crippen molar-refractivity contribution in [3.63, 3.8) is 0 Å². The summed E-state index contributed by atoms with van der Waals surface area (Å²) in [6, 6.07) is 13.3. The molecule has 0 bridgehead atoms. The van der Waals surface area contributed by atoms with Crippen molar-refractivity contribution in [2.24, 2.45) is 0 Å². The molecule has 3 heterocycles. The third-order valence-corrected chi connectivity index (χ3v) is 5.74. The smallest absolute Gasteiger partial charge is 0.261 e. The molecule has 5 rings (SSSR count). The number of anilines is 2. The molecule has 2 aliphatic heterocycles. The normalized spacial score (nSPS) is 14.5. The summed E-state index contributed by atoms with van der Waals surface area (Å²) < 4.78 is 5.24. The largest absolute Gasteiger partial charge is 0.467 e. The van der Waals surface area contributed by atoms with E-state index in [0.29, 0.717) is 18.0 Å². The number of rotatable bonds is 4. The first-order chi connectivity index (χ1) is 15.4. The Balaban J connectivity index is 1.35. The highest BCUT2D eigenvalue weighted by molar-refractivity contribution is 6.22. The number of amides is 4. The fraction of sp³-hybridized carbons (Fsp3) is 0.167. The molecule has 4 amide bonds. The maximum atomic E-state index is 12.8. The van der Waals surface area contributed by atoms with Crippen molar-refractivity contribution in [1.82, 2.24) is 4.90 Å². The van der Waals surface area contributed by atoms with Gasteiger partial charge in [0.05, 0.1) is 23.9 Å². The quantitative estimate of drug-likeness (QED) is 0.642. The van der Waals surface area contributed by atoms with E-state index in [4.69, 9.17) is 4.42 Å². The van der Waals surface area contributed by atoms with Gasteiger partial charge in [-0.2, -0.15) is 0 Å². The van der Waals surface area contributed by atoms with E-state index < -0.39 is 11.8 Å². The molecule has 8 nitrogen and oxygen atoms in total. The molecule has 1 N–H and O–H groups in total. The summed E-state index contributed by atoms with van der Waals surface area (Å²) in [6.45, 7) is 2.19. The van der Waals surface area contributed by atoms with Gasteiger partial charge < -0.3 is 14.6 Å². The second kappa shape index (κ2) is 7.49. The molecule has 0 unspecified atom stereocenters. The predicted octanol–water partition coefficient (Wildman–Crippen LogP) is 3.24. The highest BCUT2D eigenvalue weighted by Crippen LogP contribution is 2.31. The van der Waals surface area contributed by atoms with Gasteiger partial charge in [-0.15, -0.1) is 0 Å². The number of carbonyl (C=O) groups is 4. The van der Waals surface area contributed by atoms with Gasteiger partial charge in [0.25, 0.3) is 17.7 Å². The predicted molar refractivity (Wildman–Crippen MR) is 115 cm³/mol. The number of nitrogens with zero attached hydrogens (tertiary/aromatic N) is 2. The van der Waals surface area contributed by atoms with E-state index in [0.717, 1.165) is 22.6 Å². The minimum atomic E-state index is -0.460. The van der Waals surface area contributed by atoms with Crippen molar-refractivity contribution < 1.29 is 23.6 Å². The van der Waals surface area contributed by atoms with Gasteiger partial charge in [-0.25, -0.2) is 0 Å². The summed E-state index contributed by atoms with van der Waals surface area (Å²) in [5.74, 6) is -0.782. The molecular weight excluding hydrogens is 410 g/mol. The molecule has 0 saturated carbocycles. The Morgan fingerprint density at radius 2 is 1.84 bits per heavy atom. The van der Waals surface area contributed by atoms with Crippen LogP contribution in [-0.4, -0.2) is 35.1 Å². The molecule has 32 heavy (non-hydrogen) atoms. The lowest BCUT2D eigenvalue weighted by Gasteiger charge is -2.15. The number of nitrogens with one attached hydrogen (secondary N) is 1. The molecule has 0 atom stereocenters. The van der Waals surface area contributed by atoms with Crippen LogP contribution in [0.2, 0.25) is 0 Å². The SMILES string of the molecule is CC(=O)N1CCc2cc(NC(=O)c3ccc4c(c3)C(=O)N(Cc3ccco3)C4=O)ccc21. The average molecular weight is 429 g/mol. The van der Waals surface area contributed by atoms with Crippen molar-refractivity contribution in [2.45, 2.75) is 19.9 Å². The van der Waals surface area contributed by atoms with E-state index >= 15 is 0 Å². The molecule has 2 aliphatic rings. The van der Waals surface area contributed by atoms with Crippen molar-refractivity contribution in [1.29, 1.82) is 0 Å². The van der Waals surface area contributed by atoms with Crippen molar-refractivity contribution in [2.75, 3.05) is 16.8 Å². The molecule has 1 aromatic heterocycles. The molecule has 3 aromatic rings. The van der Waals surface area contributed by atoms with E-state index in [9.17, 15) is 19.2 Å². The van der Waals surface area contributed by atoms with Crippen LogP contribution in [-0.2, 0) is 17.8 Å². The number of fused-ring (bicyclic) bond motifs is 2. The van der Waals surface area contributed by atoms with E-state index in [2.05, 4.69) is 5.32 Å². The van der Waals surface area contributed by atoms with E-state index in [1.165, 1.54) is 31.4 Å². The van der Waals surface area contributed by atoms with Gasteiger partial charge in [-0.1, -0.05) is 0 Å². The first-order valence-electron chi connectivity index (χ1n) is 10.2. The summed E-state index contributed by atoms with van der Waals surface area (Å²) in [5.41, 5.74) is 3.17. The van der Waals surface area contributed by atoms with E-state index in [1.54, 1.807) is 23.1 Å². The maximum absolute atomic E-state index is 12.8. The number of carbonyl (C=O) groups excluding carboxylic acids is 4. The highest BCUT2D eigenvalue weighted by Gasteiger charge is 2.36. The van der Waals surface area contributed by atoms with Crippen molar-refractivity contribution >= 4 is 35.0 Å². The van der Waals surface area contributed by atoms with Gasteiger partial charge in [0.15, 0.2) is 0 Å². The Labute approximate surface area is 183 Å². The molecule has 0 aliphatic carbocycles. The zero-order valence-corrected chi connectivity index (χ0v) is 17.3. The van der Waals surface area contributed by atoms with Crippen LogP contribution in [0.3, 0.4) is 0 Å². The summed E-state index contributed by atoms with van der Waals surface area (Å²) in [4.78, 5) is 52.7. The van der Waals surface area contributed by atoms with Crippen LogP contribution in [0.5, 0.6) is 0 Å². The molecule has 2 aromatic carbocycles. The van der Waals surface area contributed by atoms with Crippen LogP contribution in [0.4, 0.5) is 11.4 Å². The topological polar surface area (TPSA) is 99.9 Å². The van der Waals surface area contributed by atoms with Crippen molar-refractivity contribution in [3.05, 3.63) is 82.8 Å². The summed E-state index contributed by atoms with van der Waals surface area (Å²) in [7, 11) is 0. The third-order valence-electron chi connectivity index (χ3n) is 5.74. The van der Waals surface area contributed by atoms with Gasteiger partial charge >= 0.3 is 0 Å². The van der Waals surface area contributed by atoms with Gasteiger partial charge in [-0.3, -0.25) is 24.1 Å². The highest BCUT2D eigenvalue weighted by atomic mass is 16.3. The molecule has 0 fully saturated rings. The Hall–Kier alpha value is -4.20. The van der Waals surface area contributed by atoms with Gasteiger partial charge in [0.2, 0.25) is 5.91 Å². The zero-order valence-electron chi connectivity index (χ0n) is 17.3. The molecule has 0 spiro atoms. The number of imide groups is 1. The van der Waals surface area contributed by atoms with Crippen LogP contribution in [0.1, 0.15) is 49.3 Å². The van der Waals surface area contributed by atoms with Crippen LogP contribution in [0.15, 0.2) is 59.2 Å². The van der Waals surface area contributed by atoms with E-state index in [-0.39, 0.29) is 35.0 Å². The minimum absolute atomic E-state index is 0.0148. The Bertz CT molecular complexity index is 1280. The van der Waals surface area contributed by atoms with Crippen molar-refractivity contribution in [3.8, 4) is 0 Å². The zero-order chi connectivity index (χ0) is 22.4. The molecule has 8 heteroatoms. The minimum Gasteiger partial charge on any atom is -0.467 e. The number of furan rings is 1. The standard InChI is InChI=1S/C24H19N3O5/c1-14(28)26-9-8-15-11-17(5-7-21(15)26)25-22(29)16-4-6-19-20(12-16)24(31)27(23(19)30)13-18-3-2-10-32-18/h2-7,10-12H,8-9,13H2,1H3,(H,25,29). The molecule has 0 radical (unpaired) electrons. The first-order valence-corrected chi connectivity index (χ1v) is 10.2. The lowest BCUT2D eigenvalue weighted by Crippen LogP contribution is -2.28. The van der Waals surface area contributed by atoms with E-state index in [1.807, 2.05) is 12.1 Å². The Morgan fingerprint density at radius 3 is 2.59 bits per heavy atom. The average Bonchev–Trinajstić information content (AvgIpc) is 3.49. The fourth-order valence-corrected chi connectivity index (χ4v) is 4.14. The monoisotopic (exact) mass is 429 g/mol. The van der Waals surface area contributed by atoms with Gasteiger partial charge in [0, 0.05) is 30.4 Å². The Morgan fingerprint density at radius 1 is 1.03 bits per heavy atom. The lowest BCUT2D eigenvalue weighted by molar-refractivity contribution is -0.116. The van der Waals surface area contributed by atoms with Crippen LogP contribution < -0.4 is 10.2 Å². The summed E-state index contributed by atoms with van der Waals surface area (Å²) >= 11 is 0. The lowest BCUT2D eigenvalue weighted by atomic mass is 10.0. The molecule has 0 saturated heterocycles. The van der Waals surface area contributed by atoms with Gasteiger partial charge in [-0.05, 0) is 60.5 Å². The number of hydrogen-bond acceptors (Lipinski definition) is 5. The fourth-order valence-electron chi connectivity index (χ4n) is 4.14. The second-order valence-corrected chi connectivity index (χ2v) is 7.75.